The van der Waals surface area contributed by atoms with Gasteiger partial charge in [0.2, 0.25) is 5.36 Å². The number of likely N-dealkylation sites (N-methyl/N-ethyl adjacent to an activating group) is 2. The van der Waals surface area contributed by atoms with Gasteiger partial charge in [-0.15, -0.1) is 5.06 Å². The fraction of sp³-hybridized carbons (Fsp3) is 0.308. The third kappa shape index (κ3) is 7.13. The largest absolute Gasteiger partial charge is 0.748 e. The van der Waals surface area contributed by atoms with Gasteiger partial charge in [-0.05, 0) is 67.0 Å². The summed E-state index contributed by atoms with van der Waals surface area (Å²) >= 11 is 0. The van der Waals surface area contributed by atoms with Crippen LogP contribution in [0.15, 0.2) is 54.6 Å². The molecule has 0 aliphatic carbocycles. The van der Waals surface area contributed by atoms with E-state index in [4.69, 9.17) is 9.57 Å². The van der Waals surface area contributed by atoms with E-state index in [0.29, 0.717) is 27.2 Å². The molecule has 1 saturated heterocycles. The molecule has 298 valence electrons. The zero-order valence-electron chi connectivity index (χ0n) is 31.6. The van der Waals surface area contributed by atoms with Crippen molar-refractivity contribution in [2.75, 3.05) is 30.5 Å². The first-order valence-corrected chi connectivity index (χ1v) is 20.7. The number of amides is 2. The fourth-order valence-corrected chi connectivity index (χ4v) is 8.88. The summed E-state index contributed by atoms with van der Waals surface area (Å²) in [7, 11) is -5.80. The molecule has 2 amide bonds. The van der Waals surface area contributed by atoms with Crippen LogP contribution in [0.1, 0.15) is 83.5 Å². The zero-order valence-corrected chi connectivity index (χ0v) is 33.2. The number of benzene rings is 3. The first kappa shape index (κ1) is 39.5. The lowest BCUT2D eigenvalue weighted by Crippen LogP contribution is -2.47. The maximum Gasteiger partial charge on any atom is 0.363 e. The number of carbonyl (C=O) groups is 4. The van der Waals surface area contributed by atoms with Gasteiger partial charge in [0.1, 0.15) is 24.3 Å². The molecule has 4 heterocycles. The van der Waals surface area contributed by atoms with Crippen LogP contribution in [0.2, 0.25) is 0 Å². The van der Waals surface area contributed by atoms with Crippen molar-refractivity contribution >= 4 is 66.4 Å². The van der Waals surface area contributed by atoms with Gasteiger partial charge >= 0.3 is 11.9 Å². The number of fused-ring (bicyclic) bond motifs is 4. The standard InChI is InChI=1S/C39H37N3O13S2/c1-38(2)16-21(18-56(48,49)50)24-12-27-31(14-29(24)40(38)5)54-32-15-30-25(22(19-57(51,52)53)17-39(3,4)41(30)6)13-28(32)35(27)26-11-20(7-8-23(26)36(45)46)37(47)55-42-33(43)9-10-34(42)44/h7-8,11-17H,9-10,18-19H2,1-6H3,(H2-,45,46,48,49,50,51,52,53). The number of rotatable bonds is 8. The molecule has 0 unspecified atom stereocenters. The van der Waals surface area contributed by atoms with Gasteiger partial charge in [-0.25, -0.2) is 22.6 Å². The molecule has 3 aromatic rings. The number of carboxylic acid groups (broad SMARTS) is 1. The molecule has 4 aliphatic rings. The molecular weight excluding hydrogens is 783 g/mol. The van der Waals surface area contributed by atoms with Gasteiger partial charge in [0, 0.05) is 67.4 Å². The first-order chi connectivity index (χ1) is 26.3. The Labute approximate surface area is 327 Å². The van der Waals surface area contributed by atoms with Crippen molar-refractivity contribution in [1.82, 2.24) is 9.64 Å². The molecular formula is C39H37N3O13S2. The fourth-order valence-electron chi connectivity index (χ4n) is 7.63. The number of nitrogens with zero attached hydrogens (tertiary/aromatic N) is 3. The summed E-state index contributed by atoms with van der Waals surface area (Å²) in [5.74, 6) is -5.26. The minimum Gasteiger partial charge on any atom is -0.748 e. The van der Waals surface area contributed by atoms with Gasteiger partial charge < -0.3 is 24.1 Å². The van der Waals surface area contributed by atoms with Gasteiger partial charge in [0.25, 0.3) is 21.9 Å². The highest BCUT2D eigenvalue weighted by Gasteiger charge is 2.38. The second-order valence-corrected chi connectivity index (χ2v) is 18.3. The Kier molecular flexibility index (Phi) is 9.15. The lowest BCUT2D eigenvalue weighted by Gasteiger charge is -2.41. The highest BCUT2D eigenvalue weighted by atomic mass is 32.2. The minimum absolute atomic E-state index is 0.0713. The molecule has 2 N–H and O–H groups in total. The Balaban J connectivity index is 1.59. The average Bonchev–Trinajstić information content (AvgIpc) is 3.41. The topological polar surface area (TPSA) is 228 Å². The predicted octanol–water partition coefficient (Wildman–Crippen LogP) is 2.30. The monoisotopic (exact) mass is 819 g/mol. The Bertz CT molecular complexity index is 2800. The molecule has 0 aromatic heterocycles. The molecule has 18 heteroatoms. The zero-order chi connectivity index (χ0) is 41.7. The summed E-state index contributed by atoms with van der Waals surface area (Å²) < 4.78 is 79.6. The van der Waals surface area contributed by atoms with Crippen molar-refractivity contribution in [3.63, 3.8) is 0 Å². The maximum absolute atomic E-state index is 13.5. The lowest BCUT2D eigenvalue weighted by molar-refractivity contribution is -0.172. The molecule has 16 nitrogen and oxygen atoms in total. The van der Waals surface area contributed by atoms with Gasteiger partial charge in [0.15, 0.2) is 5.54 Å². The molecule has 4 aliphatic heterocycles. The van der Waals surface area contributed by atoms with Crippen LogP contribution in [0.5, 0.6) is 11.5 Å². The quantitative estimate of drug-likeness (QED) is 0.148. The van der Waals surface area contributed by atoms with E-state index >= 15 is 0 Å². The molecule has 0 bridgehead atoms. The van der Waals surface area contributed by atoms with Gasteiger partial charge in [-0.3, -0.25) is 14.1 Å². The van der Waals surface area contributed by atoms with Gasteiger partial charge in [-0.1, -0.05) is 6.08 Å². The molecule has 0 spiro atoms. The summed E-state index contributed by atoms with van der Waals surface area (Å²) in [6.45, 7) is 7.35. The Morgan fingerprint density at radius 1 is 0.877 bits per heavy atom. The maximum atomic E-state index is 13.5. The summed E-state index contributed by atoms with van der Waals surface area (Å²) in [6, 6.07) is 9.94. The number of imide groups is 1. The van der Waals surface area contributed by atoms with E-state index in [9.17, 15) is 50.2 Å². The second kappa shape index (κ2) is 13.2. The van der Waals surface area contributed by atoms with Crippen LogP contribution in [0.3, 0.4) is 0 Å². The highest BCUT2D eigenvalue weighted by molar-refractivity contribution is 7.86. The van der Waals surface area contributed by atoms with Crippen molar-refractivity contribution in [3.05, 3.63) is 98.6 Å². The smallest absolute Gasteiger partial charge is 0.363 e. The third-order valence-electron chi connectivity index (χ3n) is 10.8. The van der Waals surface area contributed by atoms with Gasteiger partial charge in [0.05, 0.1) is 44.2 Å². The predicted molar refractivity (Wildman–Crippen MR) is 204 cm³/mol. The summed E-state index contributed by atoms with van der Waals surface area (Å²) in [5, 5.41) is 11.6. The summed E-state index contributed by atoms with van der Waals surface area (Å²) in [5.41, 5.74) is -0.169. The molecule has 3 aromatic carbocycles. The van der Waals surface area contributed by atoms with Crippen molar-refractivity contribution < 1.29 is 59.8 Å². The Morgan fingerprint density at radius 3 is 2.14 bits per heavy atom. The molecule has 0 radical (unpaired) electrons. The number of hydroxylamine groups is 2. The van der Waals surface area contributed by atoms with Crippen molar-refractivity contribution in [1.29, 1.82) is 0 Å². The van der Waals surface area contributed by atoms with E-state index in [1.807, 2.05) is 37.2 Å². The SMILES string of the molecule is CN1c2cc3c(cc2C(CS(=O)(=O)O)=CC1(C)C)C(c1cc(C(=O)ON2C(=O)CCC2=O)ccc1C(=O)O)=c1cc2c(cc1O3)=[N+](C)C(C)(C)C=C2CS(=O)(=O)[O-]. The highest BCUT2D eigenvalue weighted by Crippen LogP contribution is 2.47. The summed E-state index contributed by atoms with van der Waals surface area (Å²) in [4.78, 5) is 58.0. The number of aromatic carboxylic acids is 1. The van der Waals surface area contributed by atoms with E-state index in [0.717, 1.165) is 12.1 Å². The van der Waals surface area contributed by atoms with E-state index in [1.165, 1.54) is 6.07 Å². The lowest BCUT2D eigenvalue weighted by atomic mass is 9.83. The average molecular weight is 820 g/mol. The number of hydrogen-bond donors (Lipinski definition) is 2. The Morgan fingerprint density at radius 2 is 1.53 bits per heavy atom. The van der Waals surface area contributed by atoms with Crippen LogP contribution in [-0.4, -0.2) is 96.5 Å². The number of ether oxygens (including phenoxy) is 1. The molecule has 0 saturated carbocycles. The summed E-state index contributed by atoms with van der Waals surface area (Å²) in [6.07, 6.45) is 3.01. The number of anilines is 1. The van der Waals surface area contributed by atoms with Crippen LogP contribution in [0.4, 0.5) is 5.69 Å². The van der Waals surface area contributed by atoms with E-state index < -0.39 is 66.6 Å². The normalized spacial score (nSPS) is 18.2. The van der Waals surface area contributed by atoms with E-state index in [-0.39, 0.29) is 68.5 Å². The Hall–Kier alpha value is -5.69. The number of carbonyl (C=O) groups excluding carboxylic acids is 3. The van der Waals surface area contributed by atoms with E-state index in [1.54, 1.807) is 50.5 Å². The number of hydrogen-bond acceptors (Lipinski definition) is 12. The van der Waals surface area contributed by atoms with Crippen molar-refractivity contribution in [2.45, 2.75) is 51.6 Å². The van der Waals surface area contributed by atoms with Crippen LogP contribution in [0, 0.1) is 0 Å². The molecule has 57 heavy (non-hydrogen) atoms. The van der Waals surface area contributed by atoms with Crippen LogP contribution < -0.4 is 24.8 Å². The second-order valence-electron chi connectivity index (χ2n) is 15.4. The number of carboxylic acids is 1. The van der Waals surface area contributed by atoms with Crippen LogP contribution in [-0.2, 0) is 34.7 Å². The molecule has 0 atom stereocenters. The molecule has 1 fully saturated rings. The van der Waals surface area contributed by atoms with E-state index in [2.05, 4.69) is 0 Å². The van der Waals surface area contributed by atoms with Crippen molar-refractivity contribution in [3.8, 4) is 11.5 Å². The van der Waals surface area contributed by atoms with Crippen LogP contribution in [0.25, 0.3) is 16.7 Å². The first-order valence-electron chi connectivity index (χ1n) is 17.5. The molecule has 7 rings (SSSR count). The van der Waals surface area contributed by atoms with Gasteiger partial charge in [-0.2, -0.15) is 8.42 Å². The van der Waals surface area contributed by atoms with Crippen LogP contribution >= 0.6 is 0 Å². The third-order valence-corrected chi connectivity index (χ3v) is 12.1. The minimum atomic E-state index is -4.80. The van der Waals surface area contributed by atoms with Crippen molar-refractivity contribution in [2.24, 2.45) is 0 Å².